The molecule has 0 amide bonds. The Balaban J connectivity index is 1.87. The highest BCUT2D eigenvalue weighted by atomic mass is 32.1. The fraction of sp³-hybridized carbons (Fsp3) is 0.692. The SMILES string of the molecule is CCc1ccc(CC(F)C2CCCNC2)s1. The molecule has 1 N–H and O–H groups in total. The molecule has 1 aromatic rings. The second-order valence-electron chi connectivity index (χ2n) is 4.55. The maximum absolute atomic E-state index is 14.1. The van der Waals surface area contributed by atoms with E-state index in [1.807, 2.05) is 0 Å². The van der Waals surface area contributed by atoms with Gasteiger partial charge in [-0.05, 0) is 37.9 Å². The molecule has 16 heavy (non-hydrogen) atoms. The van der Waals surface area contributed by atoms with Crippen molar-refractivity contribution in [3.63, 3.8) is 0 Å². The second kappa shape index (κ2) is 5.78. The molecule has 2 atom stereocenters. The summed E-state index contributed by atoms with van der Waals surface area (Å²) in [5.74, 6) is 0.223. The van der Waals surface area contributed by atoms with Crippen molar-refractivity contribution >= 4 is 11.3 Å². The average Bonchev–Trinajstić information content (AvgIpc) is 2.78. The number of halogens is 1. The summed E-state index contributed by atoms with van der Waals surface area (Å²) < 4.78 is 14.1. The van der Waals surface area contributed by atoms with Gasteiger partial charge in [0.15, 0.2) is 0 Å². The number of aryl methyl sites for hydroxylation is 1. The Kier molecular flexibility index (Phi) is 4.36. The standard InChI is InChI=1S/C13H20FNS/c1-2-11-5-6-12(16-11)8-13(14)10-4-3-7-15-9-10/h5-6,10,13,15H,2-4,7-9H2,1H3. The molecule has 1 saturated heterocycles. The zero-order valence-electron chi connectivity index (χ0n) is 9.84. The molecular weight excluding hydrogens is 221 g/mol. The van der Waals surface area contributed by atoms with E-state index < -0.39 is 6.17 Å². The zero-order valence-corrected chi connectivity index (χ0v) is 10.7. The van der Waals surface area contributed by atoms with Gasteiger partial charge in [0.1, 0.15) is 6.17 Å². The largest absolute Gasteiger partial charge is 0.316 e. The Morgan fingerprint density at radius 3 is 2.94 bits per heavy atom. The van der Waals surface area contributed by atoms with Crippen LogP contribution < -0.4 is 5.32 Å². The Hall–Kier alpha value is -0.410. The van der Waals surface area contributed by atoms with Gasteiger partial charge in [0, 0.05) is 28.6 Å². The molecule has 0 aromatic carbocycles. The lowest BCUT2D eigenvalue weighted by atomic mass is 9.92. The van der Waals surface area contributed by atoms with Crippen molar-refractivity contribution in [2.24, 2.45) is 5.92 Å². The molecule has 1 aliphatic heterocycles. The van der Waals surface area contributed by atoms with Crippen molar-refractivity contribution in [3.05, 3.63) is 21.9 Å². The van der Waals surface area contributed by atoms with E-state index in [0.29, 0.717) is 6.42 Å². The Labute approximate surface area is 101 Å². The zero-order chi connectivity index (χ0) is 11.4. The van der Waals surface area contributed by atoms with Crippen molar-refractivity contribution in [3.8, 4) is 0 Å². The van der Waals surface area contributed by atoms with Crippen LogP contribution in [0.25, 0.3) is 0 Å². The van der Waals surface area contributed by atoms with Crippen LogP contribution in [0.2, 0.25) is 0 Å². The van der Waals surface area contributed by atoms with Crippen LogP contribution in [0.15, 0.2) is 12.1 Å². The smallest absolute Gasteiger partial charge is 0.109 e. The first-order chi connectivity index (χ1) is 7.79. The predicted molar refractivity (Wildman–Crippen MR) is 67.9 cm³/mol. The molecule has 2 rings (SSSR count). The topological polar surface area (TPSA) is 12.0 Å². The van der Waals surface area contributed by atoms with Gasteiger partial charge in [0.2, 0.25) is 0 Å². The van der Waals surface area contributed by atoms with E-state index in [4.69, 9.17) is 0 Å². The monoisotopic (exact) mass is 241 g/mol. The van der Waals surface area contributed by atoms with Gasteiger partial charge in [-0.25, -0.2) is 4.39 Å². The highest BCUT2D eigenvalue weighted by molar-refractivity contribution is 7.11. The molecule has 3 heteroatoms. The third-order valence-electron chi connectivity index (χ3n) is 3.31. The number of rotatable bonds is 4. The van der Waals surface area contributed by atoms with Crippen molar-refractivity contribution in [1.82, 2.24) is 5.32 Å². The van der Waals surface area contributed by atoms with Gasteiger partial charge in [-0.2, -0.15) is 0 Å². The summed E-state index contributed by atoms with van der Waals surface area (Å²) in [4.78, 5) is 2.57. The molecule has 2 unspecified atom stereocenters. The normalized spacial score (nSPS) is 23.2. The summed E-state index contributed by atoms with van der Waals surface area (Å²) in [5, 5.41) is 3.28. The van der Waals surface area contributed by atoms with Crippen LogP contribution in [-0.2, 0) is 12.8 Å². The molecule has 1 aliphatic rings. The van der Waals surface area contributed by atoms with E-state index in [1.165, 1.54) is 9.75 Å². The maximum atomic E-state index is 14.1. The van der Waals surface area contributed by atoms with Gasteiger partial charge in [-0.3, -0.25) is 0 Å². The van der Waals surface area contributed by atoms with Crippen LogP contribution in [-0.4, -0.2) is 19.3 Å². The van der Waals surface area contributed by atoms with E-state index in [-0.39, 0.29) is 5.92 Å². The minimum Gasteiger partial charge on any atom is -0.316 e. The molecular formula is C13H20FNS. The average molecular weight is 241 g/mol. The fourth-order valence-corrected chi connectivity index (χ4v) is 3.26. The van der Waals surface area contributed by atoms with Gasteiger partial charge in [-0.1, -0.05) is 6.92 Å². The first-order valence-corrected chi connectivity index (χ1v) is 7.03. The lowest BCUT2D eigenvalue weighted by Gasteiger charge is -2.25. The first kappa shape index (κ1) is 12.1. The third-order valence-corrected chi connectivity index (χ3v) is 4.56. The van der Waals surface area contributed by atoms with Crippen molar-refractivity contribution in [1.29, 1.82) is 0 Å². The number of hydrogen-bond donors (Lipinski definition) is 1. The van der Waals surface area contributed by atoms with Crippen LogP contribution in [0.1, 0.15) is 29.5 Å². The molecule has 1 nitrogen and oxygen atoms in total. The van der Waals surface area contributed by atoms with Gasteiger partial charge in [0.05, 0.1) is 0 Å². The Morgan fingerprint density at radius 2 is 2.31 bits per heavy atom. The first-order valence-electron chi connectivity index (χ1n) is 6.22. The fourth-order valence-electron chi connectivity index (χ4n) is 2.27. The number of alkyl halides is 1. The Bertz CT molecular complexity index is 317. The molecule has 0 saturated carbocycles. The highest BCUT2D eigenvalue weighted by Crippen LogP contribution is 2.24. The number of piperidine rings is 1. The van der Waals surface area contributed by atoms with Crippen LogP contribution in [0.5, 0.6) is 0 Å². The maximum Gasteiger partial charge on any atom is 0.109 e. The van der Waals surface area contributed by atoms with Crippen LogP contribution in [0.3, 0.4) is 0 Å². The van der Waals surface area contributed by atoms with Gasteiger partial charge in [0.25, 0.3) is 0 Å². The molecule has 0 spiro atoms. The van der Waals surface area contributed by atoms with Crippen molar-refractivity contribution in [2.75, 3.05) is 13.1 Å². The van der Waals surface area contributed by atoms with Crippen LogP contribution in [0.4, 0.5) is 4.39 Å². The van der Waals surface area contributed by atoms with Crippen LogP contribution in [0, 0.1) is 5.92 Å². The molecule has 1 aromatic heterocycles. The lowest BCUT2D eigenvalue weighted by molar-refractivity contribution is 0.192. The Morgan fingerprint density at radius 1 is 1.50 bits per heavy atom. The van der Waals surface area contributed by atoms with E-state index in [1.54, 1.807) is 11.3 Å². The summed E-state index contributed by atoms with van der Waals surface area (Å²) in [6.07, 6.45) is 3.16. The van der Waals surface area contributed by atoms with E-state index in [2.05, 4.69) is 24.4 Å². The number of thiophene rings is 1. The highest BCUT2D eigenvalue weighted by Gasteiger charge is 2.23. The van der Waals surface area contributed by atoms with Crippen molar-refractivity contribution < 1.29 is 4.39 Å². The van der Waals surface area contributed by atoms with E-state index in [0.717, 1.165) is 32.4 Å². The minimum atomic E-state index is -0.670. The lowest BCUT2D eigenvalue weighted by Crippen LogP contribution is -2.35. The second-order valence-corrected chi connectivity index (χ2v) is 5.80. The molecule has 0 radical (unpaired) electrons. The van der Waals surface area contributed by atoms with Gasteiger partial charge >= 0.3 is 0 Å². The molecule has 0 bridgehead atoms. The number of nitrogens with one attached hydrogen (secondary N) is 1. The summed E-state index contributed by atoms with van der Waals surface area (Å²) in [5.41, 5.74) is 0. The van der Waals surface area contributed by atoms with Crippen molar-refractivity contribution in [2.45, 2.75) is 38.8 Å². The van der Waals surface area contributed by atoms with E-state index >= 15 is 0 Å². The molecule has 1 fully saturated rings. The molecule has 2 heterocycles. The molecule has 90 valence electrons. The summed E-state index contributed by atoms with van der Waals surface area (Å²) in [7, 11) is 0. The summed E-state index contributed by atoms with van der Waals surface area (Å²) in [6, 6.07) is 4.22. The number of hydrogen-bond acceptors (Lipinski definition) is 2. The van der Waals surface area contributed by atoms with Gasteiger partial charge in [-0.15, -0.1) is 11.3 Å². The third kappa shape index (κ3) is 3.05. The predicted octanol–water partition coefficient (Wildman–Crippen LogP) is 3.19. The van der Waals surface area contributed by atoms with E-state index in [9.17, 15) is 4.39 Å². The summed E-state index contributed by atoms with van der Waals surface area (Å²) >= 11 is 1.76. The van der Waals surface area contributed by atoms with Gasteiger partial charge < -0.3 is 5.32 Å². The quantitative estimate of drug-likeness (QED) is 0.853. The molecule has 0 aliphatic carbocycles. The van der Waals surface area contributed by atoms with Crippen LogP contribution >= 0.6 is 11.3 Å². The summed E-state index contributed by atoms with van der Waals surface area (Å²) in [6.45, 7) is 4.06. The minimum absolute atomic E-state index is 0.223.